The molecular formula is C50H47N5O5. The van der Waals surface area contributed by atoms with Crippen LogP contribution in [0.1, 0.15) is 46.0 Å². The summed E-state index contributed by atoms with van der Waals surface area (Å²) in [5.74, 6) is -0.209. The topological polar surface area (TPSA) is 115 Å². The molecule has 302 valence electrons. The molecule has 2 unspecified atom stereocenters. The number of nitrogens with one attached hydrogen (secondary N) is 1. The van der Waals surface area contributed by atoms with E-state index in [1.165, 1.54) is 0 Å². The molecule has 2 atom stereocenters. The van der Waals surface area contributed by atoms with Gasteiger partial charge in [-0.3, -0.25) is 19.2 Å². The molecule has 0 saturated heterocycles. The van der Waals surface area contributed by atoms with Crippen molar-refractivity contribution >= 4 is 17.1 Å². The highest BCUT2D eigenvalue weighted by molar-refractivity contribution is 5.72. The van der Waals surface area contributed by atoms with Crippen molar-refractivity contribution in [2.24, 2.45) is 5.92 Å². The molecule has 0 aliphatic rings. The Bertz CT molecular complexity index is 2430. The van der Waals surface area contributed by atoms with Crippen LogP contribution in [0, 0.1) is 5.92 Å². The molecule has 8 aromatic rings. The van der Waals surface area contributed by atoms with Crippen LogP contribution in [0.3, 0.4) is 0 Å². The number of aromatic nitrogens is 4. The summed E-state index contributed by atoms with van der Waals surface area (Å²) in [6.07, 6.45) is 1.02. The number of hydrogen-bond acceptors (Lipinski definition) is 8. The Balaban J connectivity index is 1.38. The maximum absolute atomic E-state index is 14.4. The van der Waals surface area contributed by atoms with Crippen molar-refractivity contribution in [2.45, 2.75) is 23.8 Å². The molecule has 6 aromatic carbocycles. The minimum absolute atomic E-state index is 0.116. The number of hydrogen-bond donors (Lipinski definition) is 2. The largest absolute Gasteiger partial charge is 0.396 e. The smallest absolute Gasteiger partial charge is 0.280 e. The normalized spacial score (nSPS) is 12.9. The monoisotopic (exact) mass is 797 g/mol. The van der Waals surface area contributed by atoms with Crippen molar-refractivity contribution < 1.29 is 19.4 Å². The van der Waals surface area contributed by atoms with Gasteiger partial charge in [-0.15, -0.1) is 0 Å². The number of benzene rings is 6. The second kappa shape index (κ2) is 18.1. The number of imidazole rings is 1. The Kier molecular flexibility index (Phi) is 12.1. The zero-order valence-electron chi connectivity index (χ0n) is 33.5. The number of H-pyrrole nitrogens is 1. The van der Waals surface area contributed by atoms with Crippen LogP contribution in [0.15, 0.2) is 193 Å². The summed E-state index contributed by atoms with van der Waals surface area (Å²) >= 11 is 0. The predicted molar refractivity (Wildman–Crippen MR) is 233 cm³/mol. The van der Waals surface area contributed by atoms with Gasteiger partial charge in [0.1, 0.15) is 17.4 Å². The average molecular weight is 798 g/mol. The summed E-state index contributed by atoms with van der Waals surface area (Å²) in [5.41, 5.74) is 2.93. The lowest BCUT2D eigenvalue weighted by atomic mass is 9.76. The van der Waals surface area contributed by atoms with Crippen LogP contribution in [-0.2, 0) is 25.5 Å². The fourth-order valence-corrected chi connectivity index (χ4v) is 8.35. The standard InChI is InChI=1S/C50H47N5O5/c1-58-35-37(34-56)33-44(60-50(41-27-15-6-16-28-41,42-29-17-7-18-30-42)43-31-19-8-20-32-43)54-36-51-45-46(54)52-48(53-47(45)57)55(59-2)49(38-21-9-3-10-22-38,39-23-11-4-12-24-39)40-25-13-5-14-26-40/h3-32,36-37,44,56H,33-35H2,1-2H3,(H,52,53,57). The second-order valence-electron chi connectivity index (χ2n) is 14.6. The van der Waals surface area contributed by atoms with Gasteiger partial charge in [-0.1, -0.05) is 182 Å². The highest BCUT2D eigenvalue weighted by Gasteiger charge is 2.46. The SMILES string of the molecule is COCC(CO)CC(OC(c1ccccc1)(c1ccccc1)c1ccccc1)n1cnc2c(=O)[nH]c(N(OC)C(c3ccccc3)(c3ccccc3)c3ccccc3)nc21. The molecule has 2 heterocycles. The lowest BCUT2D eigenvalue weighted by Crippen LogP contribution is -2.49. The molecule has 0 amide bonds. The van der Waals surface area contributed by atoms with Crippen LogP contribution in [0.4, 0.5) is 5.95 Å². The Morgan fingerprint density at radius 1 is 0.650 bits per heavy atom. The molecule has 0 aliphatic carbocycles. The van der Waals surface area contributed by atoms with Crippen LogP contribution in [0.25, 0.3) is 11.2 Å². The zero-order chi connectivity index (χ0) is 41.4. The molecule has 8 rings (SSSR count). The molecule has 0 bridgehead atoms. The highest BCUT2D eigenvalue weighted by atomic mass is 16.7. The van der Waals surface area contributed by atoms with Crippen molar-refractivity contribution in [1.29, 1.82) is 0 Å². The van der Waals surface area contributed by atoms with Crippen LogP contribution in [-0.4, -0.2) is 52.1 Å². The molecule has 0 spiro atoms. The summed E-state index contributed by atoms with van der Waals surface area (Å²) in [6.45, 7) is 0.0995. The highest BCUT2D eigenvalue weighted by Crippen LogP contribution is 2.46. The lowest BCUT2D eigenvalue weighted by molar-refractivity contribution is -0.101. The molecule has 0 aliphatic heterocycles. The third kappa shape index (κ3) is 7.42. The van der Waals surface area contributed by atoms with Gasteiger partial charge in [-0.2, -0.15) is 4.98 Å². The predicted octanol–water partition coefficient (Wildman–Crippen LogP) is 8.63. The summed E-state index contributed by atoms with van der Waals surface area (Å²) in [7, 11) is 3.18. The second-order valence-corrected chi connectivity index (χ2v) is 14.6. The third-order valence-electron chi connectivity index (χ3n) is 11.0. The van der Waals surface area contributed by atoms with Gasteiger partial charge in [0.15, 0.2) is 11.2 Å². The zero-order valence-corrected chi connectivity index (χ0v) is 33.5. The minimum atomic E-state index is -1.16. The molecule has 10 nitrogen and oxygen atoms in total. The van der Waals surface area contributed by atoms with Gasteiger partial charge in [0.05, 0.1) is 20.0 Å². The van der Waals surface area contributed by atoms with Gasteiger partial charge in [-0.25, -0.2) is 10.0 Å². The van der Waals surface area contributed by atoms with E-state index in [9.17, 15) is 9.90 Å². The number of rotatable bonds is 17. The van der Waals surface area contributed by atoms with Crippen molar-refractivity contribution in [3.8, 4) is 0 Å². The number of methoxy groups -OCH3 is 1. The van der Waals surface area contributed by atoms with Gasteiger partial charge in [-0.05, 0) is 33.4 Å². The Hall–Kier alpha value is -6.69. The van der Waals surface area contributed by atoms with Crippen molar-refractivity contribution in [3.63, 3.8) is 0 Å². The van der Waals surface area contributed by atoms with Crippen molar-refractivity contribution in [3.05, 3.63) is 232 Å². The van der Waals surface area contributed by atoms with Crippen LogP contribution in [0.5, 0.6) is 0 Å². The number of aliphatic hydroxyl groups is 1. The van der Waals surface area contributed by atoms with E-state index in [0.717, 1.165) is 33.4 Å². The fourth-order valence-electron chi connectivity index (χ4n) is 8.35. The first kappa shape index (κ1) is 40.1. The number of nitrogens with zero attached hydrogens (tertiary/aromatic N) is 4. The quantitative estimate of drug-likeness (QED) is 0.0696. The first-order valence-electron chi connectivity index (χ1n) is 20.0. The van der Waals surface area contributed by atoms with E-state index in [2.05, 4.69) is 46.4 Å². The molecule has 0 fully saturated rings. The van der Waals surface area contributed by atoms with Crippen molar-refractivity contribution in [2.75, 3.05) is 32.5 Å². The van der Waals surface area contributed by atoms with Crippen molar-refractivity contribution in [1.82, 2.24) is 19.5 Å². The van der Waals surface area contributed by atoms with E-state index >= 15 is 0 Å². The maximum Gasteiger partial charge on any atom is 0.280 e. The number of aromatic amines is 1. The van der Waals surface area contributed by atoms with E-state index in [1.807, 2.05) is 146 Å². The van der Waals surface area contributed by atoms with Gasteiger partial charge in [0, 0.05) is 26.1 Å². The lowest BCUT2D eigenvalue weighted by Gasteiger charge is -2.43. The maximum atomic E-state index is 14.4. The van der Waals surface area contributed by atoms with Gasteiger partial charge >= 0.3 is 0 Å². The number of anilines is 1. The van der Waals surface area contributed by atoms with E-state index in [4.69, 9.17) is 19.3 Å². The Labute approximate surface area is 349 Å². The van der Waals surface area contributed by atoms with E-state index in [1.54, 1.807) is 30.2 Å². The first-order valence-corrected chi connectivity index (χ1v) is 20.0. The summed E-state index contributed by atoms with van der Waals surface area (Å²) in [6, 6.07) is 60.2. The average Bonchev–Trinajstić information content (AvgIpc) is 3.75. The third-order valence-corrected chi connectivity index (χ3v) is 11.0. The molecule has 0 radical (unpaired) electrons. The molecule has 60 heavy (non-hydrogen) atoms. The Morgan fingerprint density at radius 3 is 1.45 bits per heavy atom. The number of aliphatic hydroxyl groups excluding tert-OH is 1. The molecule has 10 heteroatoms. The Morgan fingerprint density at radius 2 is 1.07 bits per heavy atom. The summed E-state index contributed by atoms with van der Waals surface area (Å²) in [4.78, 5) is 33.7. The van der Waals surface area contributed by atoms with Crippen LogP contribution < -0.4 is 10.6 Å². The minimum Gasteiger partial charge on any atom is -0.396 e. The molecule has 0 saturated carbocycles. The number of ether oxygens (including phenoxy) is 2. The van der Waals surface area contributed by atoms with Gasteiger partial charge < -0.3 is 14.6 Å². The number of hydroxylamine groups is 1. The molecular weight excluding hydrogens is 751 g/mol. The van der Waals surface area contributed by atoms with Crippen LogP contribution >= 0.6 is 0 Å². The first-order chi connectivity index (χ1) is 29.5. The van der Waals surface area contributed by atoms with E-state index < -0.39 is 22.9 Å². The van der Waals surface area contributed by atoms with E-state index in [0.29, 0.717) is 0 Å². The molecule has 2 aromatic heterocycles. The van der Waals surface area contributed by atoms with E-state index in [-0.39, 0.29) is 42.7 Å². The molecule has 2 N–H and O–H groups in total. The fraction of sp³-hybridized carbons (Fsp3) is 0.180. The van der Waals surface area contributed by atoms with Gasteiger partial charge in [0.25, 0.3) is 5.56 Å². The van der Waals surface area contributed by atoms with Crippen LogP contribution in [0.2, 0.25) is 0 Å². The number of fused-ring (bicyclic) bond motifs is 1. The van der Waals surface area contributed by atoms with Gasteiger partial charge in [0.2, 0.25) is 5.95 Å². The summed E-state index contributed by atoms with van der Waals surface area (Å²) < 4.78 is 15.0. The summed E-state index contributed by atoms with van der Waals surface area (Å²) in [5, 5.41) is 12.4.